The van der Waals surface area contributed by atoms with Gasteiger partial charge in [-0.1, -0.05) is 0 Å². The molecule has 2 saturated heterocycles. The quantitative estimate of drug-likeness (QED) is 0.746. The molecule has 22 heavy (non-hydrogen) atoms. The third-order valence-corrected chi connectivity index (χ3v) is 4.94. The van der Waals surface area contributed by atoms with Gasteiger partial charge < -0.3 is 14.4 Å². The van der Waals surface area contributed by atoms with Gasteiger partial charge in [-0.05, 0) is 45.4 Å². The molecule has 0 radical (unpaired) electrons. The lowest BCUT2D eigenvalue weighted by Gasteiger charge is -2.38. The minimum atomic E-state index is 0.178. The summed E-state index contributed by atoms with van der Waals surface area (Å²) in [4.78, 5) is 16.9. The largest absolute Gasteiger partial charge is 0.373 e. The average molecular weight is 310 g/mol. The van der Waals surface area contributed by atoms with Crippen LogP contribution in [-0.4, -0.2) is 73.3 Å². The van der Waals surface area contributed by atoms with Gasteiger partial charge in [0.2, 0.25) is 5.91 Å². The van der Waals surface area contributed by atoms with Crippen molar-refractivity contribution < 1.29 is 14.3 Å². The van der Waals surface area contributed by atoms with Crippen molar-refractivity contribution in [3.8, 4) is 0 Å². The summed E-state index contributed by atoms with van der Waals surface area (Å²) in [5.74, 6) is 0.899. The van der Waals surface area contributed by atoms with E-state index in [4.69, 9.17) is 9.47 Å². The average Bonchev–Trinajstić information content (AvgIpc) is 3.15. The van der Waals surface area contributed by atoms with Crippen molar-refractivity contribution in [1.29, 1.82) is 0 Å². The monoisotopic (exact) mass is 310 g/mol. The molecule has 5 heteroatoms. The summed E-state index contributed by atoms with van der Waals surface area (Å²) in [6.45, 7) is 9.11. The van der Waals surface area contributed by atoms with Crippen LogP contribution in [0.4, 0.5) is 0 Å². The second-order valence-corrected chi connectivity index (χ2v) is 7.32. The maximum atomic E-state index is 12.4. The highest BCUT2D eigenvalue weighted by Crippen LogP contribution is 2.29. The molecule has 126 valence electrons. The Morgan fingerprint density at radius 1 is 1.18 bits per heavy atom. The molecular formula is C17H30N2O3. The Morgan fingerprint density at radius 2 is 1.91 bits per heavy atom. The van der Waals surface area contributed by atoms with Crippen LogP contribution in [-0.2, 0) is 14.3 Å². The molecule has 2 heterocycles. The number of hydrogen-bond acceptors (Lipinski definition) is 4. The highest BCUT2D eigenvalue weighted by molar-refractivity contribution is 5.78. The minimum absolute atomic E-state index is 0.178. The summed E-state index contributed by atoms with van der Waals surface area (Å²) < 4.78 is 11.4. The van der Waals surface area contributed by atoms with Crippen LogP contribution in [0.15, 0.2) is 0 Å². The van der Waals surface area contributed by atoms with Crippen molar-refractivity contribution in [2.45, 2.75) is 57.8 Å². The minimum Gasteiger partial charge on any atom is -0.373 e. The Morgan fingerprint density at radius 3 is 2.59 bits per heavy atom. The van der Waals surface area contributed by atoms with Crippen molar-refractivity contribution in [3.05, 3.63) is 0 Å². The summed E-state index contributed by atoms with van der Waals surface area (Å²) >= 11 is 0. The van der Waals surface area contributed by atoms with Gasteiger partial charge in [-0.2, -0.15) is 0 Å². The van der Waals surface area contributed by atoms with E-state index in [1.54, 1.807) is 0 Å². The first-order valence-electron chi connectivity index (χ1n) is 8.87. The number of rotatable bonds is 6. The molecule has 0 bridgehead atoms. The van der Waals surface area contributed by atoms with Crippen molar-refractivity contribution >= 4 is 5.91 Å². The topological polar surface area (TPSA) is 42.0 Å². The molecule has 3 fully saturated rings. The van der Waals surface area contributed by atoms with E-state index in [0.29, 0.717) is 6.04 Å². The van der Waals surface area contributed by atoms with Crippen LogP contribution in [0, 0.1) is 5.92 Å². The van der Waals surface area contributed by atoms with Crippen molar-refractivity contribution in [3.63, 3.8) is 0 Å². The summed E-state index contributed by atoms with van der Waals surface area (Å²) in [5, 5.41) is 0. The fourth-order valence-corrected chi connectivity index (χ4v) is 3.77. The molecule has 0 aromatic heterocycles. The van der Waals surface area contributed by atoms with Crippen LogP contribution in [0.5, 0.6) is 0 Å². The summed E-state index contributed by atoms with van der Waals surface area (Å²) in [6, 6.07) is 0.356. The van der Waals surface area contributed by atoms with Gasteiger partial charge in [-0.25, -0.2) is 0 Å². The van der Waals surface area contributed by atoms with E-state index in [1.165, 1.54) is 12.8 Å². The Balaban J connectivity index is 1.45. The number of likely N-dealkylation sites (tertiary alicyclic amines) is 1. The highest BCUT2D eigenvalue weighted by atomic mass is 16.5. The first-order chi connectivity index (χ1) is 10.6. The first-order valence-corrected chi connectivity index (χ1v) is 8.87. The predicted octanol–water partition coefficient (Wildman–Crippen LogP) is 1.51. The zero-order valence-electron chi connectivity index (χ0n) is 14.0. The maximum Gasteiger partial charge on any atom is 0.248 e. The number of nitrogens with zero attached hydrogens (tertiary/aromatic N) is 2. The smallest absolute Gasteiger partial charge is 0.248 e. The number of morpholine rings is 1. The molecule has 0 N–H and O–H groups in total. The molecule has 1 aliphatic carbocycles. The molecule has 3 unspecified atom stereocenters. The van der Waals surface area contributed by atoms with Gasteiger partial charge in [0, 0.05) is 32.2 Å². The van der Waals surface area contributed by atoms with Crippen molar-refractivity contribution in [2.24, 2.45) is 5.92 Å². The van der Waals surface area contributed by atoms with Crippen LogP contribution in [0.2, 0.25) is 0 Å². The van der Waals surface area contributed by atoms with Gasteiger partial charge in [-0.15, -0.1) is 0 Å². The van der Waals surface area contributed by atoms with Crippen LogP contribution < -0.4 is 0 Å². The van der Waals surface area contributed by atoms with Crippen LogP contribution in [0.3, 0.4) is 0 Å². The molecule has 3 aliphatic rings. The Kier molecular flexibility index (Phi) is 5.37. The molecule has 1 saturated carbocycles. The highest BCUT2D eigenvalue weighted by Gasteiger charge is 2.32. The number of ether oxygens (including phenoxy) is 2. The molecule has 0 aromatic rings. The number of hydrogen-bond donors (Lipinski definition) is 0. The number of carbonyl (C=O) groups is 1. The standard InChI is InChI=1S/C17H30N2O3/c1-13-8-18(9-14(2)22-13)10-16-4-3-7-19(16)17(20)12-21-11-15-5-6-15/h13-16H,3-12H2,1-2H3. The summed E-state index contributed by atoms with van der Waals surface area (Å²) in [6.07, 6.45) is 5.36. The zero-order chi connectivity index (χ0) is 15.5. The van der Waals surface area contributed by atoms with E-state index in [9.17, 15) is 4.79 Å². The third kappa shape index (κ3) is 4.43. The zero-order valence-corrected chi connectivity index (χ0v) is 14.0. The van der Waals surface area contributed by atoms with Crippen LogP contribution in [0.25, 0.3) is 0 Å². The lowest BCUT2D eigenvalue weighted by atomic mass is 10.1. The Hall–Kier alpha value is -0.650. The van der Waals surface area contributed by atoms with Gasteiger partial charge in [0.25, 0.3) is 0 Å². The van der Waals surface area contributed by atoms with Gasteiger partial charge in [0.15, 0.2) is 0 Å². The Bertz CT molecular complexity index is 376. The fourth-order valence-electron chi connectivity index (χ4n) is 3.77. The predicted molar refractivity (Wildman–Crippen MR) is 84.7 cm³/mol. The maximum absolute atomic E-state index is 12.4. The van der Waals surface area contributed by atoms with E-state index in [2.05, 4.69) is 23.6 Å². The third-order valence-electron chi connectivity index (χ3n) is 4.94. The fraction of sp³-hybridized carbons (Fsp3) is 0.941. The lowest BCUT2D eigenvalue weighted by molar-refractivity contribution is -0.138. The molecule has 5 nitrogen and oxygen atoms in total. The summed E-state index contributed by atoms with van der Waals surface area (Å²) in [7, 11) is 0. The molecule has 0 spiro atoms. The van der Waals surface area contributed by atoms with E-state index in [0.717, 1.165) is 51.5 Å². The Labute approximate surface area is 133 Å². The molecule has 1 amide bonds. The number of amides is 1. The second kappa shape index (κ2) is 7.28. The lowest BCUT2D eigenvalue weighted by Crippen LogP contribution is -2.51. The van der Waals surface area contributed by atoms with E-state index in [-0.39, 0.29) is 24.7 Å². The van der Waals surface area contributed by atoms with Crippen molar-refractivity contribution in [1.82, 2.24) is 9.80 Å². The first kappa shape index (κ1) is 16.2. The molecular weight excluding hydrogens is 280 g/mol. The van der Waals surface area contributed by atoms with E-state index in [1.807, 2.05) is 0 Å². The van der Waals surface area contributed by atoms with Crippen LogP contribution >= 0.6 is 0 Å². The van der Waals surface area contributed by atoms with E-state index >= 15 is 0 Å². The van der Waals surface area contributed by atoms with Crippen LogP contribution in [0.1, 0.15) is 39.5 Å². The van der Waals surface area contributed by atoms with Gasteiger partial charge >= 0.3 is 0 Å². The molecule has 3 atom stereocenters. The number of carbonyl (C=O) groups excluding carboxylic acids is 1. The molecule has 0 aromatic carbocycles. The van der Waals surface area contributed by atoms with Gasteiger partial charge in [0.05, 0.1) is 18.8 Å². The SMILES string of the molecule is CC1CN(CC2CCCN2C(=O)COCC2CC2)CC(C)O1. The normalized spacial score (nSPS) is 33.4. The molecule has 2 aliphatic heterocycles. The van der Waals surface area contributed by atoms with Gasteiger partial charge in [-0.3, -0.25) is 9.69 Å². The molecule has 3 rings (SSSR count). The van der Waals surface area contributed by atoms with Gasteiger partial charge in [0.1, 0.15) is 6.61 Å². The van der Waals surface area contributed by atoms with Crippen molar-refractivity contribution in [2.75, 3.05) is 39.4 Å². The van der Waals surface area contributed by atoms with E-state index < -0.39 is 0 Å². The second-order valence-electron chi connectivity index (χ2n) is 7.32. The summed E-state index contributed by atoms with van der Waals surface area (Å²) in [5.41, 5.74) is 0.